The van der Waals surface area contributed by atoms with E-state index in [0.29, 0.717) is 18.9 Å². The Morgan fingerprint density at radius 3 is 2.29 bits per heavy atom. The average molecular weight is 190 g/mol. The molecule has 0 bridgehead atoms. The maximum absolute atomic E-state index is 8.72. The lowest BCUT2D eigenvalue weighted by atomic mass is 10.1. The first-order chi connectivity index (χ1) is 6.88. The van der Waals surface area contributed by atoms with E-state index >= 15 is 0 Å². The topological polar surface area (TPSA) is 27.0 Å². The van der Waals surface area contributed by atoms with Crippen molar-refractivity contribution in [2.24, 2.45) is 0 Å². The predicted octanol–water partition coefficient (Wildman–Crippen LogP) is 2.17. The molecule has 1 heterocycles. The lowest BCUT2D eigenvalue weighted by molar-refractivity contribution is 0.208. The molecule has 1 unspecified atom stereocenters. The highest BCUT2D eigenvalue weighted by Crippen LogP contribution is 2.15. The zero-order valence-electron chi connectivity index (χ0n) is 8.71. The van der Waals surface area contributed by atoms with Gasteiger partial charge in [0, 0.05) is 12.5 Å². The number of nitrogens with zero attached hydrogens (tertiary/aromatic N) is 2. The van der Waals surface area contributed by atoms with Crippen LogP contribution in [0.3, 0.4) is 0 Å². The number of hydrogen-bond donors (Lipinski definition) is 0. The molecule has 0 spiro atoms. The van der Waals surface area contributed by atoms with Crippen LogP contribution in [0.5, 0.6) is 0 Å². The van der Waals surface area contributed by atoms with Gasteiger partial charge in [0.2, 0.25) is 0 Å². The van der Waals surface area contributed by atoms with Crippen LogP contribution in [-0.2, 0) is 0 Å². The summed E-state index contributed by atoms with van der Waals surface area (Å²) in [6.07, 6.45) is 11.8. The third-order valence-corrected chi connectivity index (χ3v) is 2.84. The van der Waals surface area contributed by atoms with Gasteiger partial charge in [0.25, 0.3) is 0 Å². The molecule has 1 rings (SSSR count). The lowest BCUT2D eigenvalue weighted by Crippen LogP contribution is -2.35. The van der Waals surface area contributed by atoms with Gasteiger partial charge in [0.1, 0.15) is 0 Å². The van der Waals surface area contributed by atoms with Crippen LogP contribution in [-0.4, -0.2) is 24.0 Å². The quantitative estimate of drug-likeness (QED) is 0.638. The maximum Gasteiger partial charge on any atom is 0.0638 e. The molecule has 1 aliphatic heterocycles. The van der Waals surface area contributed by atoms with Crippen molar-refractivity contribution in [2.75, 3.05) is 13.1 Å². The summed E-state index contributed by atoms with van der Waals surface area (Å²) in [6.45, 7) is 2.24. The molecule has 0 aromatic heterocycles. The highest BCUT2D eigenvalue weighted by Gasteiger charge is 2.18. The van der Waals surface area contributed by atoms with E-state index in [2.05, 4.69) is 16.9 Å². The Morgan fingerprint density at radius 1 is 1.14 bits per heavy atom. The minimum Gasteiger partial charge on any atom is -0.298 e. The summed E-state index contributed by atoms with van der Waals surface area (Å²) in [4.78, 5) is 2.40. The van der Waals surface area contributed by atoms with Gasteiger partial charge in [0.15, 0.2) is 0 Å². The molecular formula is C12H18N2. The van der Waals surface area contributed by atoms with Crippen LogP contribution in [0.25, 0.3) is 0 Å². The molecule has 76 valence electrons. The largest absolute Gasteiger partial charge is 0.298 e. The molecule has 2 heteroatoms. The van der Waals surface area contributed by atoms with Crippen LogP contribution >= 0.6 is 0 Å². The molecule has 0 radical (unpaired) electrons. The Balaban J connectivity index is 2.48. The minimum absolute atomic E-state index is 0.295. The monoisotopic (exact) mass is 190 g/mol. The fourth-order valence-electron chi connectivity index (χ4n) is 2.03. The SMILES string of the molecule is C#CCC(CC#N)N1CCCCCC1. The van der Waals surface area contributed by atoms with Gasteiger partial charge in [-0.15, -0.1) is 12.3 Å². The van der Waals surface area contributed by atoms with E-state index in [-0.39, 0.29) is 0 Å². The Bertz CT molecular complexity index is 210. The molecule has 2 nitrogen and oxygen atoms in total. The molecular weight excluding hydrogens is 172 g/mol. The predicted molar refractivity (Wildman–Crippen MR) is 57.5 cm³/mol. The molecule has 0 N–H and O–H groups in total. The highest BCUT2D eigenvalue weighted by molar-refractivity contribution is 4.94. The first-order valence-electron chi connectivity index (χ1n) is 5.43. The first kappa shape index (κ1) is 11.1. The van der Waals surface area contributed by atoms with Gasteiger partial charge in [-0.05, 0) is 25.9 Å². The molecule has 0 aromatic rings. The van der Waals surface area contributed by atoms with Crippen LogP contribution in [0.2, 0.25) is 0 Å². The van der Waals surface area contributed by atoms with E-state index in [1.54, 1.807) is 0 Å². The van der Waals surface area contributed by atoms with Crippen LogP contribution in [0.15, 0.2) is 0 Å². The third-order valence-electron chi connectivity index (χ3n) is 2.84. The Morgan fingerprint density at radius 2 is 1.79 bits per heavy atom. The van der Waals surface area contributed by atoms with Gasteiger partial charge in [0.05, 0.1) is 12.5 Å². The molecule has 1 fully saturated rings. The molecule has 0 saturated carbocycles. The van der Waals surface area contributed by atoms with E-state index in [9.17, 15) is 0 Å². The minimum atomic E-state index is 0.295. The second-order valence-corrected chi connectivity index (χ2v) is 3.87. The summed E-state index contributed by atoms with van der Waals surface area (Å²) >= 11 is 0. The van der Waals surface area contributed by atoms with E-state index < -0.39 is 0 Å². The van der Waals surface area contributed by atoms with Crippen molar-refractivity contribution in [3.63, 3.8) is 0 Å². The van der Waals surface area contributed by atoms with E-state index in [1.165, 1.54) is 25.7 Å². The second-order valence-electron chi connectivity index (χ2n) is 3.87. The summed E-state index contributed by atoms with van der Waals surface area (Å²) in [7, 11) is 0. The number of rotatable bonds is 3. The van der Waals surface area contributed by atoms with Gasteiger partial charge in [-0.25, -0.2) is 0 Å². The number of hydrogen-bond acceptors (Lipinski definition) is 2. The summed E-state index contributed by atoms with van der Waals surface area (Å²) in [5.74, 6) is 2.68. The van der Waals surface area contributed by atoms with Crippen molar-refractivity contribution in [3.8, 4) is 18.4 Å². The van der Waals surface area contributed by atoms with Crippen molar-refractivity contribution in [1.82, 2.24) is 4.90 Å². The molecule has 0 amide bonds. The Labute approximate surface area is 86.9 Å². The van der Waals surface area contributed by atoms with Crippen LogP contribution in [0.4, 0.5) is 0 Å². The fraction of sp³-hybridized carbons (Fsp3) is 0.750. The molecule has 1 aliphatic rings. The highest BCUT2D eigenvalue weighted by atomic mass is 15.1. The van der Waals surface area contributed by atoms with Gasteiger partial charge in [-0.2, -0.15) is 5.26 Å². The van der Waals surface area contributed by atoms with Gasteiger partial charge in [-0.3, -0.25) is 4.90 Å². The summed E-state index contributed by atoms with van der Waals surface area (Å²) < 4.78 is 0. The van der Waals surface area contributed by atoms with Crippen molar-refractivity contribution < 1.29 is 0 Å². The van der Waals surface area contributed by atoms with E-state index in [4.69, 9.17) is 11.7 Å². The summed E-state index contributed by atoms with van der Waals surface area (Å²) in [6, 6.07) is 2.53. The standard InChI is InChI=1S/C12H18N2/c1-2-7-12(8-9-13)14-10-5-3-4-6-11-14/h1,12H,3-8,10-11H2. The van der Waals surface area contributed by atoms with Crippen molar-refractivity contribution in [2.45, 2.75) is 44.6 Å². The van der Waals surface area contributed by atoms with E-state index in [1.807, 2.05) is 0 Å². The third kappa shape index (κ3) is 3.40. The average Bonchev–Trinajstić information content (AvgIpc) is 2.45. The molecule has 14 heavy (non-hydrogen) atoms. The van der Waals surface area contributed by atoms with Crippen molar-refractivity contribution in [3.05, 3.63) is 0 Å². The molecule has 1 atom stereocenters. The molecule has 0 aliphatic carbocycles. The van der Waals surface area contributed by atoms with Crippen molar-refractivity contribution >= 4 is 0 Å². The number of likely N-dealkylation sites (tertiary alicyclic amines) is 1. The molecule has 0 aromatic carbocycles. The maximum atomic E-state index is 8.72. The smallest absolute Gasteiger partial charge is 0.0638 e. The summed E-state index contributed by atoms with van der Waals surface area (Å²) in [5.41, 5.74) is 0. The first-order valence-corrected chi connectivity index (χ1v) is 5.43. The van der Waals surface area contributed by atoms with E-state index in [0.717, 1.165) is 13.1 Å². The Kier molecular flexibility index (Phi) is 5.12. The van der Waals surface area contributed by atoms with Gasteiger partial charge >= 0.3 is 0 Å². The normalized spacial score (nSPS) is 20.4. The fourth-order valence-corrected chi connectivity index (χ4v) is 2.03. The molecule has 1 saturated heterocycles. The Hall–Kier alpha value is -0.990. The van der Waals surface area contributed by atoms with Gasteiger partial charge < -0.3 is 0 Å². The summed E-state index contributed by atoms with van der Waals surface area (Å²) in [5, 5.41) is 8.72. The zero-order valence-corrected chi connectivity index (χ0v) is 8.71. The van der Waals surface area contributed by atoms with Crippen LogP contribution < -0.4 is 0 Å². The number of terminal acetylenes is 1. The number of nitriles is 1. The van der Waals surface area contributed by atoms with Gasteiger partial charge in [-0.1, -0.05) is 12.8 Å². The zero-order chi connectivity index (χ0) is 10.2. The lowest BCUT2D eigenvalue weighted by Gasteiger charge is -2.27. The van der Waals surface area contributed by atoms with Crippen LogP contribution in [0, 0.1) is 23.7 Å². The van der Waals surface area contributed by atoms with Crippen molar-refractivity contribution in [1.29, 1.82) is 5.26 Å². The van der Waals surface area contributed by atoms with Crippen LogP contribution in [0.1, 0.15) is 38.5 Å². The second kappa shape index (κ2) is 6.46.